The van der Waals surface area contributed by atoms with Gasteiger partial charge in [0.05, 0.1) is 0 Å². The van der Waals surface area contributed by atoms with Crippen molar-refractivity contribution in [2.75, 3.05) is 5.32 Å². The maximum atomic E-state index is 4.31. The molecule has 0 bridgehead atoms. The molecule has 0 amide bonds. The van der Waals surface area contributed by atoms with Crippen molar-refractivity contribution >= 4 is 33.3 Å². The maximum absolute atomic E-state index is 4.31. The Morgan fingerprint density at radius 3 is 2.79 bits per heavy atom. The van der Waals surface area contributed by atoms with Crippen molar-refractivity contribution in [2.24, 2.45) is 0 Å². The van der Waals surface area contributed by atoms with Crippen molar-refractivity contribution in [3.8, 4) is 0 Å². The summed E-state index contributed by atoms with van der Waals surface area (Å²) in [5, 5.41) is 7.12. The second-order valence-electron chi connectivity index (χ2n) is 3.92. The van der Waals surface area contributed by atoms with Gasteiger partial charge in [-0.05, 0) is 41.6 Å². The number of hydrogen-bond acceptors (Lipinski definition) is 3. The fourth-order valence-corrected chi connectivity index (χ4v) is 2.45. The lowest BCUT2D eigenvalue weighted by Gasteiger charge is -2.07. The lowest BCUT2D eigenvalue weighted by molar-refractivity contribution is 1.34. The molecule has 0 aliphatic heterocycles. The molecule has 0 radical (unpaired) electrons. The van der Waals surface area contributed by atoms with Gasteiger partial charge in [0.1, 0.15) is 5.82 Å². The van der Waals surface area contributed by atoms with E-state index in [9.17, 15) is 0 Å². The van der Waals surface area contributed by atoms with E-state index in [0.29, 0.717) is 0 Å². The van der Waals surface area contributed by atoms with Crippen LogP contribution in [0.25, 0.3) is 15.7 Å². The van der Waals surface area contributed by atoms with Crippen LogP contribution >= 0.6 is 11.8 Å². The Hall–Kier alpha value is -2.00. The highest BCUT2D eigenvalue weighted by Crippen LogP contribution is 2.30. The molecule has 1 heterocycles. The molecule has 0 aliphatic carbocycles. The first kappa shape index (κ1) is 13.4. The van der Waals surface area contributed by atoms with Crippen LogP contribution in [0.3, 0.4) is 0 Å². The van der Waals surface area contributed by atoms with Crippen LogP contribution in [0.4, 0.5) is 5.82 Å². The highest BCUT2D eigenvalue weighted by Gasteiger charge is 2.03. The normalized spacial score (nSPS) is 11.3. The molecule has 3 heteroatoms. The van der Waals surface area contributed by atoms with E-state index >= 15 is 0 Å². The number of benzene rings is 1. The Bertz CT molecular complexity index is 644. The average Bonchev–Trinajstić information content (AvgIpc) is 2.44. The molecule has 19 heavy (non-hydrogen) atoms. The molecule has 2 nitrogen and oxygen atoms in total. The summed E-state index contributed by atoms with van der Waals surface area (Å²) < 4.78 is 0. The van der Waals surface area contributed by atoms with Crippen molar-refractivity contribution in [2.45, 2.75) is 6.92 Å². The topological polar surface area (TPSA) is 24.9 Å². The zero-order chi connectivity index (χ0) is 13.7. The van der Waals surface area contributed by atoms with E-state index < -0.39 is 0 Å². The molecular weight excluding hydrogens is 252 g/mol. The van der Waals surface area contributed by atoms with Crippen molar-refractivity contribution < 1.29 is 0 Å². The van der Waals surface area contributed by atoms with Crippen LogP contribution in [0.5, 0.6) is 0 Å². The number of allylic oxidation sites excluding steroid dienone is 1. The van der Waals surface area contributed by atoms with Gasteiger partial charge in [-0.3, -0.25) is 0 Å². The molecular formula is C16H16N2S. The molecule has 96 valence electrons. The number of fused-ring (bicyclic) bond motifs is 1. The summed E-state index contributed by atoms with van der Waals surface area (Å²) in [7, 11) is 0. The van der Waals surface area contributed by atoms with Gasteiger partial charge >= 0.3 is 0 Å². The number of rotatable bonds is 5. The van der Waals surface area contributed by atoms with E-state index in [0.717, 1.165) is 16.6 Å². The number of thioether (sulfide) groups is 1. The molecule has 2 rings (SSSR count). The molecule has 0 saturated carbocycles. The summed E-state index contributed by atoms with van der Waals surface area (Å²) in [5.41, 5.74) is 1.19. The summed E-state index contributed by atoms with van der Waals surface area (Å²) in [4.78, 5) is 5.51. The molecule has 0 atom stereocenters. The van der Waals surface area contributed by atoms with Crippen LogP contribution < -0.4 is 5.32 Å². The summed E-state index contributed by atoms with van der Waals surface area (Å²) in [6.07, 6.45) is 5.58. The van der Waals surface area contributed by atoms with Crippen LogP contribution in [0.15, 0.2) is 61.3 Å². The van der Waals surface area contributed by atoms with Gasteiger partial charge in [-0.25, -0.2) is 4.98 Å². The molecule has 0 aliphatic rings. The van der Waals surface area contributed by atoms with Gasteiger partial charge in [-0.15, -0.1) is 0 Å². The lowest BCUT2D eigenvalue weighted by Crippen LogP contribution is -1.90. The smallest absolute Gasteiger partial charge is 0.130 e. The Kier molecular flexibility index (Phi) is 4.42. The predicted molar refractivity (Wildman–Crippen MR) is 87.0 cm³/mol. The van der Waals surface area contributed by atoms with Crippen molar-refractivity contribution in [1.29, 1.82) is 0 Å². The summed E-state index contributed by atoms with van der Waals surface area (Å²) in [5.74, 6) is 0.804. The molecule has 1 aromatic heterocycles. The van der Waals surface area contributed by atoms with Crippen LogP contribution in [0.1, 0.15) is 12.5 Å². The molecule has 0 unspecified atom stereocenters. The Balaban J connectivity index is 2.48. The minimum absolute atomic E-state index is 0.804. The van der Waals surface area contributed by atoms with E-state index in [1.165, 1.54) is 10.5 Å². The van der Waals surface area contributed by atoms with Gasteiger partial charge in [-0.2, -0.15) is 0 Å². The van der Waals surface area contributed by atoms with Gasteiger partial charge in [0.25, 0.3) is 0 Å². The van der Waals surface area contributed by atoms with E-state index in [2.05, 4.69) is 47.7 Å². The predicted octanol–water partition coefficient (Wildman–Crippen LogP) is 5.03. The van der Waals surface area contributed by atoms with Crippen molar-refractivity contribution in [3.05, 3.63) is 66.9 Å². The molecule has 1 N–H and O–H groups in total. The highest BCUT2D eigenvalue weighted by atomic mass is 32.2. The van der Waals surface area contributed by atoms with Gasteiger partial charge in [-0.1, -0.05) is 43.1 Å². The SMILES string of the molecule is C=CNc1cc2cc(/C(=C/C)SC=C)ccc2cn1. The van der Waals surface area contributed by atoms with E-state index in [4.69, 9.17) is 0 Å². The average molecular weight is 268 g/mol. The fourth-order valence-electron chi connectivity index (χ4n) is 1.87. The third-order valence-corrected chi connectivity index (χ3v) is 3.62. The molecule has 0 fully saturated rings. The third kappa shape index (κ3) is 3.06. The monoisotopic (exact) mass is 268 g/mol. The number of hydrogen-bond donors (Lipinski definition) is 1. The molecule has 0 spiro atoms. The van der Waals surface area contributed by atoms with Gasteiger partial charge < -0.3 is 5.32 Å². The van der Waals surface area contributed by atoms with E-state index in [1.54, 1.807) is 18.0 Å². The summed E-state index contributed by atoms with van der Waals surface area (Å²) in [6.45, 7) is 9.45. The highest BCUT2D eigenvalue weighted by molar-refractivity contribution is 8.10. The van der Waals surface area contributed by atoms with Gasteiger partial charge in [0.15, 0.2) is 0 Å². The van der Waals surface area contributed by atoms with Crippen molar-refractivity contribution in [3.63, 3.8) is 0 Å². The van der Waals surface area contributed by atoms with Gasteiger partial charge in [0.2, 0.25) is 0 Å². The van der Waals surface area contributed by atoms with E-state index in [-0.39, 0.29) is 0 Å². The number of aromatic nitrogens is 1. The summed E-state index contributed by atoms with van der Waals surface area (Å²) in [6, 6.07) is 8.38. The first-order valence-corrected chi connectivity index (χ1v) is 6.88. The number of nitrogens with one attached hydrogen (secondary N) is 1. The Morgan fingerprint density at radius 2 is 2.11 bits per heavy atom. The Labute approximate surface area is 117 Å². The third-order valence-electron chi connectivity index (χ3n) is 2.73. The maximum Gasteiger partial charge on any atom is 0.130 e. The first-order chi connectivity index (χ1) is 9.28. The minimum Gasteiger partial charge on any atom is -0.347 e. The lowest BCUT2D eigenvalue weighted by atomic mass is 10.1. The van der Waals surface area contributed by atoms with Crippen LogP contribution in [0.2, 0.25) is 0 Å². The number of anilines is 1. The van der Waals surface area contributed by atoms with Gasteiger partial charge in [0, 0.05) is 16.5 Å². The quantitative estimate of drug-likeness (QED) is 0.823. The molecule has 1 aromatic carbocycles. The number of nitrogens with zero attached hydrogens (tertiary/aromatic N) is 1. The number of pyridine rings is 1. The second kappa shape index (κ2) is 6.25. The Morgan fingerprint density at radius 1 is 1.26 bits per heavy atom. The van der Waals surface area contributed by atoms with Crippen LogP contribution in [-0.2, 0) is 0 Å². The second-order valence-corrected chi connectivity index (χ2v) is 4.93. The van der Waals surface area contributed by atoms with Crippen LogP contribution in [-0.4, -0.2) is 4.98 Å². The van der Waals surface area contributed by atoms with Crippen molar-refractivity contribution in [1.82, 2.24) is 4.98 Å². The fraction of sp³-hybridized carbons (Fsp3) is 0.0625. The molecule has 2 aromatic rings. The largest absolute Gasteiger partial charge is 0.347 e. The van der Waals surface area contributed by atoms with Crippen LogP contribution in [0, 0.1) is 0 Å². The minimum atomic E-state index is 0.804. The first-order valence-electron chi connectivity index (χ1n) is 6.00. The zero-order valence-electron chi connectivity index (χ0n) is 10.9. The zero-order valence-corrected chi connectivity index (χ0v) is 11.7. The van der Waals surface area contributed by atoms with E-state index in [1.807, 2.05) is 24.6 Å². The summed E-state index contributed by atoms with van der Waals surface area (Å²) >= 11 is 1.63. The molecule has 0 saturated heterocycles. The standard InChI is InChI=1S/C16H16N2S/c1-4-15(19-6-3)12-7-8-13-11-18-16(17-5-2)10-14(13)9-12/h4-11H,2-3H2,1H3,(H,17,18)/b15-4-.